The zero-order valence-corrected chi connectivity index (χ0v) is 9.24. The average molecular weight is 224 g/mol. The minimum absolute atomic E-state index is 0.687. The molecular weight excluding hydrogens is 212 g/mol. The highest BCUT2D eigenvalue weighted by atomic mass is 15.1. The monoisotopic (exact) mass is 224 g/mol. The van der Waals surface area contributed by atoms with Gasteiger partial charge in [-0.1, -0.05) is 12.1 Å². The molecule has 0 spiro atoms. The Balaban J connectivity index is 1.82. The molecule has 3 aromatic rings. The van der Waals surface area contributed by atoms with Gasteiger partial charge in [0.2, 0.25) is 0 Å². The van der Waals surface area contributed by atoms with Gasteiger partial charge in [-0.05, 0) is 24.3 Å². The number of hydrogen-bond donors (Lipinski definition) is 1. The number of fused-ring (bicyclic) bond motifs is 1. The van der Waals surface area contributed by atoms with E-state index in [9.17, 15) is 0 Å². The number of nitrogens with one attached hydrogen (secondary N) is 1. The van der Waals surface area contributed by atoms with Gasteiger partial charge in [0.15, 0.2) is 0 Å². The van der Waals surface area contributed by atoms with Crippen molar-refractivity contribution in [3.05, 3.63) is 55.1 Å². The molecule has 0 aliphatic rings. The molecule has 0 amide bonds. The van der Waals surface area contributed by atoms with Crippen LogP contribution in [0, 0.1) is 0 Å². The molecule has 0 bridgehead atoms. The SMILES string of the molecule is c1cncc(NCn2cnc3ccccc32)c1. The van der Waals surface area contributed by atoms with Crippen molar-refractivity contribution in [2.45, 2.75) is 6.67 Å². The number of benzene rings is 1. The molecule has 0 saturated carbocycles. The van der Waals surface area contributed by atoms with Gasteiger partial charge in [0.1, 0.15) is 0 Å². The van der Waals surface area contributed by atoms with Crippen LogP contribution in [-0.4, -0.2) is 14.5 Å². The maximum absolute atomic E-state index is 4.34. The van der Waals surface area contributed by atoms with Crippen molar-refractivity contribution in [1.82, 2.24) is 14.5 Å². The molecule has 4 heteroatoms. The number of imidazole rings is 1. The van der Waals surface area contributed by atoms with Crippen molar-refractivity contribution in [3.63, 3.8) is 0 Å². The highest BCUT2D eigenvalue weighted by molar-refractivity contribution is 5.74. The molecule has 2 heterocycles. The average Bonchev–Trinajstić information content (AvgIpc) is 2.81. The predicted octanol–water partition coefficient (Wildman–Crippen LogP) is 2.50. The second-order valence-corrected chi connectivity index (χ2v) is 3.78. The highest BCUT2D eigenvalue weighted by Crippen LogP contribution is 2.12. The van der Waals surface area contributed by atoms with Gasteiger partial charge in [0.25, 0.3) is 0 Å². The number of aromatic nitrogens is 3. The molecule has 2 aromatic heterocycles. The number of pyridine rings is 1. The molecule has 0 aliphatic carbocycles. The van der Waals surface area contributed by atoms with E-state index >= 15 is 0 Å². The molecular formula is C13H12N4. The van der Waals surface area contributed by atoms with E-state index in [0.29, 0.717) is 6.67 Å². The van der Waals surface area contributed by atoms with Crippen LogP contribution in [-0.2, 0) is 6.67 Å². The zero-order chi connectivity index (χ0) is 11.5. The summed E-state index contributed by atoms with van der Waals surface area (Å²) in [7, 11) is 0. The Bertz CT molecular complexity index is 615. The van der Waals surface area contributed by atoms with Crippen molar-refractivity contribution in [1.29, 1.82) is 0 Å². The van der Waals surface area contributed by atoms with E-state index in [1.165, 1.54) is 0 Å². The van der Waals surface area contributed by atoms with Crippen LogP contribution in [0.5, 0.6) is 0 Å². The maximum Gasteiger partial charge on any atom is 0.0973 e. The molecule has 0 radical (unpaired) electrons. The summed E-state index contributed by atoms with van der Waals surface area (Å²) in [5.41, 5.74) is 3.15. The van der Waals surface area contributed by atoms with Gasteiger partial charge in [-0.25, -0.2) is 4.98 Å². The lowest BCUT2D eigenvalue weighted by atomic mass is 10.3. The number of rotatable bonds is 3. The first-order chi connectivity index (χ1) is 8.43. The fourth-order valence-electron chi connectivity index (χ4n) is 1.78. The van der Waals surface area contributed by atoms with Crippen LogP contribution >= 0.6 is 0 Å². The van der Waals surface area contributed by atoms with Crippen LogP contribution in [0.15, 0.2) is 55.1 Å². The second-order valence-electron chi connectivity index (χ2n) is 3.78. The Morgan fingerprint density at radius 1 is 1.12 bits per heavy atom. The molecule has 0 unspecified atom stereocenters. The lowest BCUT2D eigenvalue weighted by Gasteiger charge is -2.07. The number of anilines is 1. The topological polar surface area (TPSA) is 42.7 Å². The Morgan fingerprint density at radius 3 is 2.94 bits per heavy atom. The summed E-state index contributed by atoms with van der Waals surface area (Å²) < 4.78 is 2.07. The quantitative estimate of drug-likeness (QED) is 0.743. The van der Waals surface area contributed by atoms with Gasteiger partial charge < -0.3 is 9.88 Å². The summed E-state index contributed by atoms with van der Waals surface area (Å²) in [6, 6.07) is 12.0. The zero-order valence-electron chi connectivity index (χ0n) is 9.24. The highest BCUT2D eigenvalue weighted by Gasteiger charge is 2.00. The Hall–Kier alpha value is -2.36. The van der Waals surface area contributed by atoms with Crippen LogP contribution in [0.25, 0.3) is 11.0 Å². The van der Waals surface area contributed by atoms with Crippen molar-refractivity contribution >= 4 is 16.7 Å². The fourth-order valence-corrected chi connectivity index (χ4v) is 1.78. The Labute approximate surface area is 98.9 Å². The minimum Gasteiger partial charge on any atom is -0.366 e. The van der Waals surface area contributed by atoms with Crippen molar-refractivity contribution in [3.8, 4) is 0 Å². The van der Waals surface area contributed by atoms with Crippen molar-refractivity contribution in [2.75, 3.05) is 5.32 Å². The Morgan fingerprint density at radius 2 is 2.06 bits per heavy atom. The molecule has 0 aliphatic heterocycles. The molecule has 0 fully saturated rings. The standard InChI is InChI=1S/C13H12N4/c1-2-6-13-12(5-1)16-10-17(13)9-15-11-4-3-7-14-8-11/h1-8,10,15H,9H2. The van der Waals surface area contributed by atoms with E-state index < -0.39 is 0 Å². The van der Waals surface area contributed by atoms with Crippen LogP contribution < -0.4 is 5.32 Å². The Kier molecular flexibility index (Phi) is 2.46. The molecule has 1 aromatic carbocycles. The molecule has 84 valence electrons. The van der Waals surface area contributed by atoms with Crippen molar-refractivity contribution < 1.29 is 0 Å². The van der Waals surface area contributed by atoms with Gasteiger partial charge in [-0.3, -0.25) is 4.98 Å². The summed E-state index contributed by atoms with van der Waals surface area (Å²) >= 11 is 0. The minimum atomic E-state index is 0.687. The third kappa shape index (κ3) is 1.97. The van der Waals surface area contributed by atoms with E-state index in [1.54, 1.807) is 12.4 Å². The fraction of sp³-hybridized carbons (Fsp3) is 0.0769. The van der Waals surface area contributed by atoms with Crippen LogP contribution in [0.3, 0.4) is 0 Å². The number of hydrogen-bond acceptors (Lipinski definition) is 3. The first-order valence-corrected chi connectivity index (χ1v) is 5.47. The smallest absolute Gasteiger partial charge is 0.0973 e. The summed E-state index contributed by atoms with van der Waals surface area (Å²) in [5.74, 6) is 0. The largest absolute Gasteiger partial charge is 0.366 e. The summed E-state index contributed by atoms with van der Waals surface area (Å²) in [5, 5.41) is 3.30. The van der Waals surface area contributed by atoms with Crippen LogP contribution in [0.1, 0.15) is 0 Å². The lowest BCUT2D eigenvalue weighted by Crippen LogP contribution is -2.06. The lowest BCUT2D eigenvalue weighted by molar-refractivity contribution is 0.799. The molecule has 4 nitrogen and oxygen atoms in total. The first-order valence-electron chi connectivity index (χ1n) is 5.47. The first kappa shape index (κ1) is 9.84. The third-order valence-electron chi connectivity index (χ3n) is 2.64. The number of nitrogens with zero attached hydrogens (tertiary/aromatic N) is 3. The molecule has 17 heavy (non-hydrogen) atoms. The predicted molar refractivity (Wildman–Crippen MR) is 67.6 cm³/mol. The van der Waals surface area contributed by atoms with Gasteiger partial charge >= 0.3 is 0 Å². The molecule has 3 rings (SSSR count). The summed E-state index contributed by atoms with van der Waals surface area (Å²) in [4.78, 5) is 8.40. The van der Waals surface area contributed by atoms with Gasteiger partial charge in [-0.2, -0.15) is 0 Å². The second kappa shape index (κ2) is 4.25. The third-order valence-corrected chi connectivity index (χ3v) is 2.64. The van der Waals surface area contributed by atoms with Crippen LogP contribution in [0.4, 0.5) is 5.69 Å². The van der Waals surface area contributed by atoms with Gasteiger partial charge in [-0.15, -0.1) is 0 Å². The van der Waals surface area contributed by atoms with E-state index in [0.717, 1.165) is 16.7 Å². The number of para-hydroxylation sites is 2. The van der Waals surface area contributed by atoms with E-state index in [4.69, 9.17) is 0 Å². The molecule has 1 N–H and O–H groups in total. The summed E-state index contributed by atoms with van der Waals surface area (Å²) in [6.45, 7) is 0.687. The maximum atomic E-state index is 4.34. The molecule has 0 atom stereocenters. The van der Waals surface area contributed by atoms with Gasteiger partial charge in [0.05, 0.1) is 29.7 Å². The van der Waals surface area contributed by atoms with Gasteiger partial charge in [0, 0.05) is 12.4 Å². The van der Waals surface area contributed by atoms with E-state index in [-0.39, 0.29) is 0 Å². The van der Waals surface area contributed by atoms with E-state index in [2.05, 4.69) is 25.9 Å². The summed E-state index contributed by atoms with van der Waals surface area (Å²) in [6.07, 6.45) is 5.41. The van der Waals surface area contributed by atoms with E-state index in [1.807, 2.05) is 36.7 Å². The van der Waals surface area contributed by atoms with Crippen LogP contribution in [0.2, 0.25) is 0 Å². The molecule has 0 saturated heterocycles. The normalized spacial score (nSPS) is 10.6. The van der Waals surface area contributed by atoms with Crippen molar-refractivity contribution in [2.24, 2.45) is 0 Å².